The monoisotopic (exact) mass is 526 g/mol. The Bertz CT molecular complexity index is 1340. The van der Waals surface area contributed by atoms with E-state index in [2.05, 4.69) is 5.32 Å². The molecule has 0 spiro atoms. The van der Waals surface area contributed by atoms with E-state index in [0.29, 0.717) is 5.69 Å². The van der Waals surface area contributed by atoms with Crippen LogP contribution in [-0.2, 0) is 22.6 Å². The van der Waals surface area contributed by atoms with Crippen molar-refractivity contribution >= 4 is 34.5 Å². The summed E-state index contributed by atoms with van der Waals surface area (Å²) in [5, 5.41) is 5.83. The summed E-state index contributed by atoms with van der Waals surface area (Å²) in [5.74, 6) is -0.423. The van der Waals surface area contributed by atoms with Gasteiger partial charge in [-0.05, 0) is 35.7 Å². The third-order valence-corrected chi connectivity index (χ3v) is 7.17. The van der Waals surface area contributed by atoms with Crippen LogP contribution in [0.5, 0.6) is 0 Å². The highest BCUT2D eigenvalue weighted by atomic mass is 32.1. The number of hydrogen-bond donors (Lipinski definition) is 1. The van der Waals surface area contributed by atoms with Gasteiger partial charge in [0.2, 0.25) is 11.8 Å². The molecule has 1 unspecified atom stereocenters. The first kappa shape index (κ1) is 27.1. The molecule has 1 atom stereocenters. The van der Waals surface area contributed by atoms with Crippen LogP contribution in [0.2, 0.25) is 0 Å². The number of benzene rings is 3. The molecule has 0 aliphatic carbocycles. The highest BCUT2D eigenvalue weighted by molar-refractivity contribution is 7.09. The summed E-state index contributed by atoms with van der Waals surface area (Å²) < 4.78 is 0. The Morgan fingerprint density at radius 3 is 2.13 bits per heavy atom. The third kappa shape index (κ3) is 6.86. The van der Waals surface area contributed by atoms with Gasteiger partial charge in [-0.2, -0.15) is 0 Å². The minimum atomic E-state index is -0.663. The van der Waals surface area contributed by atoms with Gasteiger partial charge in [-0.25, -0.2) is 4.98 Å². The van der Waals surface area contributed by atoms with Crippen molar-refractivity contribution < 1.29 is 9.59 Å². The molecule has 1 aromatic heterocycles. The molecule has 0 aliphatic heterocycles. The molecule has 4 rings (SSSR count). The molecule has 0 bridgehead atoms. The summed E-state index contributed by atoms with van der Waals surface area (Å²) in [5.41, 5.74) is 4.54. The minimum absolute atomic E-state index is 0.107. The van der Waals surface area contributed by atoms with Crippen molar-refractivity contribution in [3.8, 4) is 11.3 Å². The molecule has 0 aliphatic rings. The number of nitrogens with one attached hydrogen (secondary N) is 1. The Balaban J connectivity index is 1.61. The Hall–Kier alpha value is -3.97. The summed E-state index contributed by atoms with van der Waals surface area (Å²) >= 11 is 1.50. The second-order valence-electron chi connectivity index (χ2n) is 9.80. The molecule has 0 fully saturated rings. The van der Waals surface area contributed by atoms with Crippen molar-refractivity contribution in [3.63, 3.8) is 0 Å². The van der Waals surface area contributed by atoms with Gasteiger partial charge in [-0.3, -0.25) is 9.59 Å². The van der Waals surface area contributed by atoms with Crippen LogP contribution in [0.25, 0.3) is 11.3 Å². The second kappa shape index (κ2) is 12.5. The van der Waals surface area contributed by atoms with Gasteiger partial charge in [0.05, 0.1) is 18.7 Å². The number of amides is 2. The molecule has 1 heterocycles. The van der Waals surface area contributed by atoms with E-state index in [0.717, 1.165) is 27.5 Å². The Kier molecular flexibility index (Phi) is 8.92. The summed E-state index contributed by atoms with van der Waals surface area (Å²) in [7, 11) is 3.95. The van der Waals surface area contributed by atoms with E-state index in [1.807, 2.05) is 123 Å². The fourth-order valence-corrected chi connectivity index (χ4v) is 5.15. The Labute approximate surface area is 229 Å². The van der Waals surface area contributed by atoms with Crippen molar-refractivity contribution in [1.82, 2.24) is 9.88 Å². The SMILES string of the molecule is CC(C)C(C(=O)Nc1ccc(N(C)C)cc1)N(Cc1nc(-c2ccccc2)cs1)C(=O)Cc1ccccc1. The van der Waals surface area contributed by atoms with E-state index in [-0.39, 0.29) is 30.7 Å². The molecule has 0 saturated heterocycles. The fraction of sp³-hybridized carbons (Fsp3) is 0.258. The highest BCUT2D eigenvalue weighted by Gasteiger charge is 2.33. The van der Waals surface area contributed by atoms with Gasteiger partial charge in [0.1, 0.15) is 11.0 Å². The van der Waals surface area contributed by atoms with Gasteiger partial charge < -0.3 is 15.1 Å². The molecule has 3 aromatic carbocycles. The molecule has 1 N–H and O–H groups in total. The lowest BCUT2D eigenvalue weighted by atomic mass is 10.00. The normalized spacial score (nSPS) is 11.7. The minimum Gasteiger partial charge on any atom is -0.378 e. The molecule has 196 valence electrons. The summed E-state index contributed by atoms with van der Waals surface area (Å²) in [6, 6.07) is 26.6. The predicted octanol–water partition coefficient (Wildman–Crippen LogP) is 6.11. The average molecular weight is 527 g/mol. The van der Waals surface area contributed by atoms with Gasteiger partial charge in [0.25, 0.3) is 0 Å². The lowest BCUT2D eigenvalue weighted by molar-refractivity contribution is -0.140. The van der Waals surface area contributed by atoms with E-state index < -0.39 is 6.04 Å². The van der Waals surface area contributed by atoms with Crippen LogP contribution in [0, 0.1) is 5.92 Å². The van der Waals surface area contributed by atoms with E-state index in [1.165, 1.54) is 11.3 Å². The number of aromatic nitrogens is 1. The van der Waals surface area contributed by atoms with Crippen molar-refractivity contribution in [2.24, 2.45) is 5.92 Å². The molecule has 0 radical (unpaired) electrons. The summed E-state index contributed by atoms with van der Waals surface area (Å²) in [6.45, 7) is 4.21. The Morgan fingerprint density at radius 1 is 0.895 bits per heavy atom. The molecule has 6 nitrogen and oxygen atoms in total. The number of carbonyl (C=O) groups is 2. The first-order chi connectivity index (χ1) is 18.3. The first-order valence-corrected chi connectivity index (χ1v) is 13.6. The summed E-state index contributed by atoms with van der Waals surface area (Å²) in [4.78, 5) is 35.9. The van der Waals surface area contributed by atoms with Crippen LogP contribution in [-0.4, -0.2) is 41.8 Å². The molecule has 7 heteroatoms. The van der Waals surface area contributed by atoms with Crippen molar-refractivity contribution in [2.75, 3.05) is 24.3 Å². The van der Waals surface area contributed by atoms with Crippen LogP contribution < -0.4 is 10.2 Å². The molecular weight excluding hydrogens is 492 g/mol. The number of hydrogen-bond acceptors (Lipinski definition) is 5. The second-order valence-corrected chi connectivity index (χ2v) is 10.7. The van der Waals surface area contributed by atoms with Crippen LogP contribution in [0.15, 0.2) is 90.3 Å². The van der Waals surface area contributed by atoms with Crippen molar-refractivity contribution in [1.29, 1.82) is 0 Å². The van der Waals surface area contributed by atoms with Crippen molar-refractivity contribution in [3.05, 3.63) is 101 Å². The zero-order chi connectivity index (χ0) is 27.1. The van der Waals surface area contributed by atoms with Gasteiger partial charge >= 0.3 is 0 Å². The maximum absolute atomic E-state index is 13.7. The lowest BCUT2D eigenvalue weighted by Crippen LogP contribution is -2.50. The standard InChI is InChI=1S/C31H34N4O2S/c1-22(2)30(31(37)32-25-15-17-26(18-16-25)34(3)4)35(29(36)19-23-11-7-5-8-12-23)20-28-33-27(21-38-28)24-13-9-6-10-14-24/h5-18,21-22,30H,19-20H2,1-4H3,(H,32,37). The van der Waals surface area contributed by atoms with Gasteiger partial charge in [0.15, 0.2) is 0 Å². The van der Waals surface area contributed by atoms with E-state index in [9.17, 15) is 9.59 Å². The maximum Gasteiger partial charge on any atom is 0.247 e. The zero-order valence-corrected chi connectivity index (χ0v) is 23.1. The molecular formula is C31H34N4O2S. The molecule has 4 aromatic rings. The number of carbonyl (C=O) groups excluding carboxylic acids is 2. The molecule has 0 saturated carbocycles. The third-order valence-electron chi connectivity index (χ3n) is 6.33. The average Bonchev–Trinajstić information content (AvgIpc) is 3.38. The fourth-order valence-electron chi connectivity index (χ4n) is 4.35. The van der Waals surface area contributed by atoms with Crippen LogP contribution in [0.3, 0.4) is 0 Å². The van der Waals surface area contributed by atoms with Crippen LogP contribution >= 0.6 is 11.3 Å². The quantitative estimate of drug-likeness (QED) is 0.271. The van der Waals surface area contributed by atoms with E-state index >= 15 is 0 Å². The zero-order valence-electron chi connectivity index (χ0n) is 22.3. The van der Waals surface area contributed by atoms with Crippen molar-refractivity contribution in [2.45, 2.75) is 32.9 Å². The van der Waals surface area contributed by atoms with Gasteiger partial charge in [-0.15, -0.1) is 11.3 Å². The lowest BCUT2D eigenvalue weighted by Gasteiger charge is -2.33. The maximum atomic E-state index is 13.7. The van der Waals surface area contributed by atoms with Crippen LogP contribution in [0.1, 0.15) is 24.4 Å². The predicted molar refractivity (Wildman–Crippen MR) is 156 cm³/mol. The number of anilines is 2. The molecule has 2 amide bonds. The smallest absolute Gasteiger partial charge is 0.247 e. The Morgan fingerprint density at radius 2 is 1.53 bits per heavy atom. The highest BCUT2D eigenvalue weighted by Crippen LogP contribution is 2.25. The first-order valence-electron chi connectivity index (χ1n) is 12.7. The number of thiazole rings is 1. The van der Waals surface area contributed by atoms with E-state index in [1.54, 1.807) is 4.90 Å². The largest absolute Gasteiger partial charge is 0.378 e. The van der Waals surface area contributed by atoms with Gasteiger partial charge in [0, 0.05) is 36.4 Å². The molecule has 38 heavy (non-hydrogen) atoms. The van der Waals surface area contributed by atoms with E-state index in [4.69, 9.17) is 4.98 Å². The topological polar surface area (TPSA) is 65.5 Å². The number of nitrogens with zero attached hydrogens (tertiary/aromatic N) is 3. The number of rotatable bonds is 10. The van der Waals surface area contributed by atoms with Crippen LogP contribution in [0.4, 0.5) is 11.4 Å². The van der Waals surface area contributed by atoms with Gasteiger partial charge in [-0.1, -0.05) is 74.5 Å². The summed E-state index contributed by atoms with van der Waals surface area (Å²) in [6.07, 6.45) is 0.214.